The van der Waals surface area contributed by atoms with Gasteiger partial charge in [-0.3, -0.25) is 0 Å². The molecule has 0 saturated carbocycles. The summed E-state index contributed by atoms with van der Waals surface area (Å²) in [5.41, 5.74) is -1.54. The molecule has 0 bridgehead atoms. The van der Waals surface area contributed by atoms with E-state index in [1.807, 2.05) is 0 Å². The van der Waals surface area contributed by atoms with Gasteiger partial charge in [0.1, 0.15) is 12.3 Å². The number of alkyl halides is 4. The Morgan fingerprint density at radius 1 is 0.696 bits per heavy atom. The molecule has 0 spiro atoms. The van der Waals surface area contributed by atoms with Crippen LogP contribution in [0.3, 0.4) is 0 Å². The van der Waals surface area contributed by atoms with Gasteiger partial charge >= 0.3 is 0 Å². The van der Waals surface area contributed by atoms with Crippen molar-refractivity contribution >= 4 is 16.1 Å². The van der Waals surface area contributed by atoms with Crippen molar-refractivity contribution in [2.45, 2.75) is 102 Å². The predicted octanol–water partition coefficient (Wildman–Crippen LogP) is 7.56. The highest BCUT2D eigenvalue weighted by atomic mass is 28.3. The van der Waals surface area contributed by atoms with Crippen molar-refractivity contribution < 1.29 is 17.6 Å². The van der Waals surface area contributed by atoms with Crippen molar-refractivity contribution in [3.63, 3.8) is 0 Å². The summed E-state index contributed by atoms with van der Waals surface area (Å²) in [6.45, 7) is 15.3. The first-order valence-corrected chi connectivity index (χ1v) is 16.1. The summed E-state index contributed by atoms with van der Waals surface area (Å²) in [6.07, 6.45) is 0.764. The van der Waals surface area contributed by atoms with Crippen LogP contribution in [0.5, 0.6) is 0 Å². The van der Waals surface area contributed by atoms with Gasteiger partial charge in [0.15, 0.2) is 0 Å². The molecular formula is C17H38F4Si2. The summed E-state index contributed by atoms with van der Waals surface area (Å²) in [5.74, 6) is -2.42. The molecule has 0 aromatic carbocycles. The molecule has 0 aromatic heterocycles. The Morgan fingerprint density at radius 3 is 1.35 bits per heavy atom. The lowest BCUT2D eigenvalue weighted by Gasteiger charge is -2.24. The van der Waals surface area contributed by atoms with E-state index in [2.05, 4.69) is 39.3 Å². The Bertz CT molecular complexity index is 303. The lowest BCUT2D eigenvalue weighted by atomic mass is 10.0. The SMILES string of the molecule is CCC(F)(CF)CC[Si](C)(C)C.CCC(F)(F)CC[Si](C)(C)C. The van der Waals surface area contributed by atoms with Gasteiger partial charge in [0.2, 0.25) is 5.92 Å². The average molecular weight is 375 g/mol. The Labute approximate surface area is 143 Å². The standard InChI is InChI=1S/C9H20F2Si.C8H18F2Si/c1-5-9(11,8-10)6-7-12(2,3)4;1-5-8(9,10)6-7-11(2,3)4/h5-8H2,1-4H3;5-7H2,1-4H3. The van der Waals surface area contributed by atoms with Gasteiger partial charge < -0.3 is 0 Å². The van der Waals surface area contributed by atoms with Crippen LogP contribution in [-0.2, 0) is 0 Å². The minimum absolute atomic E-state index is 0.0164. The molecule has 0 heterocycles. The third-order valence-corrected chi connectivity index (χ3v) is 7.45. The van der Waals surface area contributed by atoms with E-state index in [1.54, 1.807) is 13.8 Å². The van der Waals surface area contributed by atoms with Crippen molar-refractivity contribution in [3.8, 4) is 0 Å². The van der Waals surface area contributed by atoms with Gasteiger partial charge in [-0.1, -0.05) is 65.2 Å². The molecule has 0 amide bonds. The summed E-state index contributed by atoms with van der Waals surface area (Å²) >= 11 is 0. The monoisotopic (exact) mass is 374 g/mol. The second-order valence-electron chi connectivity index (χ2n) is 8.97. The second-order valence-corrected chi connectivity index (χ2v) is 20.2. The van der Waals surface area contributed by atoms with Gasteiger partial charge in [0.25, 0.3) is 0 Å². The van der Waals surface area contributed by atoms with Crippen molar-refractivity contribution in [2.24, 2.45) is 0 Å². The molecule has 142 valence electrons. The molecule has 1 atom stereocenters. The zero-order valence-corrected chi connectivity index (χ0v) is 18.5. The molecule has 0 aliphatic rings. The van der Waals surface area contributed by atoms with Crippen LogP contribution in [0.25, 0.3) is 0 Å². The van der Waals surface area contributed by atoms with Gasteiger partial charge in [0, 0.05) is 29.0 Å². The smallest absolute Gasteiger partial charge is 0.247 e. The molecule has 23 heavy (non-hydrogen) atoms. The molecule has 1 unspecified atom stereocenters. The zero-order valence-electron chi connectivity index (χ0n) is 16.5. The summed E-state index contributed by atoms with van der Waals surface area (Å²) in [7, 11) is -2.47. The van der Waals surface area contributed by atoms with Crippen LogP contribution < -0.4 is 0 Å². The van der Waals surface area contributed by atoms with E-state index in [0.717, 1.165) is 12.1 Å². The van der Waals surface area contributed by atoms with Gasteiger partial charge in [0.05, 0.1) is 0 Å². The third kappa shape index (κ3) is 16.8. The van der Waals surface area contributed by atoms with E-state index < -0.39 is 34.4 Å². The minimum Gasteiger partial charge on any atom is -0.248 e. The van der Waals surface area contributed by atoms with Crippen LogP contribution >= 0.6 is 0 Å². The Balaban J connectivity index is 0. The number of rotatable bonds is 9. The Kier molecular flexibility index (Phi) is 11.3. The summed E-state index contributed by atoms with van der Waals surface area (Å²) < 4.78 is 51.1. The van der Waals surface area contributed by atoms with E-state index >= 15 is 0 Å². The van der Waals surface area contributed by atoms with Crippen LogP contribution in [0.2, 0.25) is 51.4 Å². The van der Waals surface area contributed by atoms with E-state index in [-0.39, 0.29) is 12.8 Å². The highest BCUT2D eigenvalue weighted by molar-refractivity contribution is 6.76. The van der Waals surface area contributed by atoms with Crippen molar-refractivity contribution in [3.05, 3.63) is 0 Å². The van der Waals surface area contributed by atoms with Gasteiger partial charge in [-0.25, -0.2) is 17.6 Å². The first-order chi connectivity index (χ1) is 10.1. The molecule has 6 heteroatoms. The Hall–Kier alpha value is 0.154. The zero-order chi connectivity index (χ0) is 18.9. The lowest BCUT2D eigenvalue weighted by Crippen LogP contribution is -2.29. The maximum absolute atomic E-state index is 13.4. The number of hydrogen-bond acceptors (Lipinski definition) is 0. The molecule has 0 fully saturated rings. The van der Waals surface area contributed by atoms with E-state index in [0.29, 0.717) is 12.8 Å². The molecule has 0 rings (SSSR count). The van der Waals surface area contributed by atoms with Gasteiger partial charge in [-0.2, -0.15) is 0 Å². The largest absolute Gasteiger partial charge is 0.248 e. The fourth-order valence-corrected chi connectivity index (χ4v) is 3.99. The molecule has 0 radical (unpaired) electrons. The van der Waals surface area contributed by atoms with Crippen LogP contribution in [0.1, 0.15) is 39.5 Å². The molecule has 0 aromatic rings. The molecule has 0 aliphatic carbocycles. The maximum Gasteiger partial charge on any atom is 0.247 e. The van der Waals surface area contributed by atoms with Crippen molar-refractivity contribution in [1.82, 2.24) is 0 Å². The Morgan fingerprint density at radius 2 is 1.09 bits per heavy atom. The highest BCUT2D eigenvalue weighted by Crippen LogP contribution is 2.28. The van der Waals surface area contributed by atoms with Crippen LogP contribution in [-0.4, -0.2) is 34.4 Å². The van der Waals surface area contributed by atoms with E-state index in [9.17, 15) is 17.6 Å². The first-order valence-electron chi connectivity index (χ1n) is 8.72. The summed E-state index contributed by atoms with van der Waals surface area (Å²) in [6, 6.07) is 1.61. The fraction of sp³-hybridized carbons (Fsp3) is 1.00. The fourth-order valence-electron chi connectivity index (χ4n) is 1.67. The second kappa shape index (κ2) is 10.2. The average Bonchev–Trinajstić information content (AvgIpc) is 2.42. The molecule has 0 N–H and O–H groups in total. The van der Waals surface area contributed by atoms with E-state index in [1.165, 1.54) is 0 Å². The van der Waals surface area contributed by atoms with Crippen LogP contribution in [0, 0.1) is 0 Å². The molecular weight excluding hydrogens is 336 g/mol. The van der Waals surface area contributed by atoms with Crippen LogP contribution in [0.15, 0.2) is 0 Å². The summed E-state index contributed by atoms with van der Waals surface area (Å²) in [4.78, 5) is 0. The first kappa shape index (κ1) is 25.4. The minimum atomic E-state index is -2.42. The molecule has 0 aliphatic heterocycles. The molecule has 0 nitrogen and oxygen atoms in total. The van der Waals surface area contributed by atoms with Gasteiger partial charge in [-0.15, -0.1) is 0 Å². The van der Waals surface area contributed by atoms with Crippen molar-refractivity contribution in [2.75, 3.05) is 6.67 Å². The van der Waals surface area contributed by atoms with Crippen LogP contribution in [0.4, 0.5) is 17.6 Å². The van der Waals surface area contributed by atoms with E-state index in [4.69, 9.17) is 0 Å². The maximum atomic E-state index is 13.4. The third-order valence-electron chi connectivity index (χ3n) is 3.95. The van der Waals surface area contributed by atoms with Gasteiger partial charge in [-0.05, 0) is 12.8 Å². The highest BCUT2D eigenvalue weighted by Gasteiger charge is 2.30. The van der Waals surface area contributed by atoms with Crippen molar-refractivity contribution in [1.29, 1.82) is 0 Å². The normalized spacial score (nSPS) is 15.7. The quantitative estimate of drug-likeness (QED) is 0.288. The number of halogens is 4. The predicted molar refractivity (Wildman–Crippen MR) is 101 cm³/mol. The number of hydrogen-bond donors (Lipinski definition) is 0. The molecule has 0 saturated heterocycles. The topological polar surface area (TPSA) is 0 Å². The lowest BCUT2D eigenvalue weighted by molar-refractivity contribution is -0.00675. The summed E-state index contributed by atoms with van der Waals surface area (Å²) in [5, 5.41) is 0.